The van der Waals surface area contributed by atoms with Crippen molar-refractivity contribution in [2.45, 2.75) is 19.3 Å². The number of nitrogens with one attached hydrogen (secondary N) is 2. The van der Waals surface area contributed by atoms with Gasteiger partial charge in [-0.25, -0.2) is 4.98 Å². The first kappa shape index (κ1) is 15.1. The molecule has 3 heterocycles. The van der Waals surface area contributed by atoms with Crippen LogP contribution >= 0.6 is 11.3 Å². The quantitative estimate of drug-likeness (QED) is 0.748. The van der Waals surface area contributed by atoms with E-state index in [9.17, 15) is 4.79 Å². The minimum atomic E-state index is -0.151. The summed E-state index contributed by atoms with van der Waals surface area (Å²) in [7, 11) is 0. The first-order chi connectivity index (χ1) is 11.8. The highest BCUT2D eigenvalue weighted by Crippen LogP contribution is 2.24. The molecule has 24 heavy (non-hydrogen) atoms. The Hall–Kier alpha value is -2.41. The highest BCUT2D eigenvalue weighted by molar-refractivity contribution is 7.13. The molecule has 0 atom stereocenters. The summed E-state index contributed by atoms with van der Waals surface area (Å²) in [4.78, 5) is 19.3. The number of thiazole rings is 1. The third-order valence-corrected chi connectivity index (χ3v) is 5.22. The lowest BCUT2D eigenvalue weighted by Gasteiger charge is -2.12. The van der Waals surface area contributed by atoms with Crippen LogP contribution in [0.2, 0.25) is 0 Å². The van der Waals surface area contributed by atoms with Crippen LogP contribution < -0.4 is 10.2 Å². The third kappa shape index (κ3) is 2.99. The van der Waals surface area contributed by atoms with Crippen molar-refractivity contribution in [3.63, 3.8) is 0 Å². The predicted molar refractivity (Wildman–Crippen MR) is 95.7 cm³/mol. The number of nitrogens with zero attached hydrogens (tertiary/aromatic N) is 3. The van der Waals surface area contributed by atoms with Crippen LogP contribution in [-0.4, -0.2) is 40.7 Å². The Kier molecular flexibility index (Phi) is 4.17. The number of benzene rings is 1. The van der Waals surface area contributed by atoms with Gasteiger partial charge >= 0.3 is 0 Å². The molecule has 1 aromatic carbocycles. The molecule has 4 rings (SSSR count). The zero-order valence-corrected chi connectivity index (χ0v) is 14.1. The van der Waals surface area contributed by atoms with Crippen LogP contribution in [0.5, 0.6) is 0 Å². The monoisotopic (exact) mass is 341 g/mol. The largest absolute Gasteiger partial charge is 0.350 e. The number of anilines is 1. The van der Waals surface area contributed by atoms with Crippen molar-refractivity contribution >= 4 is 33.3 Å². The van der Waals surface area contributed by atoms with Crippen molar-refractivity contribution < 1.29 is 4.79 Å². The lowest BCUT2D eigenvalue weighted by atomic mass is 10.2. The molecule has 7 heteroatoms. The Labute approximate surface area is 143 Å². The van der Waals surface area contributed by atoms with E-state index >= 15 is 0 Å². The number of aromatic nitrogens is 3. The number of carbonyl (C=O) groups is 1. The van der Waals surface area contributed by atoms with Crippen LogP contribution in [0.15, 0.2) is 29.6 Å². The molecule has 3 aromatic rings. The summed E-state index contributed by atoms with van der Waals surface area (Å²) < 4.78 is 0. The topological polar surface area (TPSA) is 73.9 Å². The van der Waals surface area contributed by atoms with Crippen LogP contribution in [0, 0.1) is 0 Å². The van der Waals surface area contributed by atoms with Crippen LogP contribution in [0.1, 0.15) is 29.0 Å². The number of rotatable bonds is 5. The lowest BCUT2D eigenvalue weighted by molar-refractivity contribution is 0.0950. The molecule has 124 valence electrons. The first-order valence-electron chi connectivity index (χ1n) is 8.22. The molecule has 0 spiro atoms. The average Bonchev–Trinajstić information content (AvgIpc) is 3.34. The molecule has 6 nitrogen and oxygen atoms in total. The van der Waals surface area contributed by atoms with Gasteiger partial charge in [0.2, 0.25) is 0 Å². The third-order valence-electron chi connectivity index (χ3n) is 4.27. The van der Waals surface area contributed by atoms with Gasteiger partial charge in [0.1, 0.15) is 0 Å². The number of aromatic amines is 1. The van der Waals surface area contributed by atoms with Gasteiger partial charge in [-0.2, -0.15) is 5.10 Å². The number of hydrogen-bond acceptors (Lipinski definition) is 5. The highest BCUT2D eigenvalue weighted by Gasteiger charge is 2.16. The molecule has 0 saturated carbocycles. The Morgan fingerprint density at radius 2 is 2.12 bits per heavy atom. The van der Waals surface area contributed by atoms with E-state index in [0.29, 0.717) is 12.2 Å². The number of H-pyrrole nitrogens is 1. The molecule has 1 amide bonds. The van der Waals surface area contributed by atoms with Crippen molar-refractivity contribution in [1.82, 2.24) is 20.5 Å². The van der Waals surface area contributed by atoms with E-state index in [1.807, 2.05) is 24.3 Å². The fourth-order valence-corrected chi connectivity index (χ4v) is 3.90. The van der Waals surface area contributed by atoms with Gasteiger partial charge in [-0.3, -0.25) is 9.89 Å². The second kappa shape index (κ2) is 6.60. The minimum Gasteiger partial charge on any atom is -0.350 e. The molecular weight excluding hydrogens is 322 g/mol. The smallest absolute Gasteiger partial charge is 0.272 e. The maximum absolute atomic E-state index is 12.3. The van der Waals surface area contributed by atoms with Crippen LogP contribution in [-0.2, 0) is 6.42 Å². The lowest BCUT2D eigenvalue weighted by Crippen LogP contribution is -2.26. The van der Waals surface area contributed by atoms with Gasteiger partial charge in [-0.15, -0.1) is 11.3 Å². The zero-order chi connectivity index (χ0) is 16.4. The molecule has 0 aliphatic carbocycles. The van der Waals surface area contributed by atoms with Crippen molar-refractivity contribution in [2.75, 3.05) is 24.5 Å². The number of para-hydroxylation sites is 1. The van der Waals surface area contributed by atoms with Gasteiger partial charge in [0.15, 0.2) is 10.8 Å². The Morgan fingerprint density at radius 3 is 3.00 bits per heavy atom. The van der Waals surface area contributed by atoms with Gasteiger partial charge < -0.3 is 10.2 Å². The standard InChI is InChI=1S/C17H19N5OS/c23-16(15-13-5-1-2-6-14(13)20-21-15)18-8-7-12-11-24-17(19-12)22-9-3-4-10-22/h1-2,5-6,11H,3-4,7-10H2,(H,18,23)(H,20,21). The summed E-state index contributed by atoms with van der Waals surface area (Å²) in [5.74, 6) is -0.151. The highest BCUT2D eigenvalue weighted by atomic mass is 32.1. The number of fused-ring (bicyclic) bond motifs is 1. The van der Waals surface area contributed by atoms with E-state index in [4.69, 9.17) is 0 Å². The molecule has 1 aliphatic heterocycles. The number of carbonyl (C=O) groups excluding carboxylic acids is 1. The van der Waals surface area contributed by atoms with Crippen molar-refractivity contribution in [3.8, 4) is 0 Å². The summed E-state index contributed by atoms with van der Waals surface area (Å²) in [6.45, 7) is 2.77. The van der Waals surface area contributed by atoms with E-state index in [2.05, 4.69) is 30.8 Å². The van der Waals surface area contributed by atoms with Crippen molar-refractivity contribution in [3.05, 3.63) is 41.0 Å². The molecular formula is C17H19N5OS. The Bertz CT molecular complexity index is 849. The van der Waals surface area contributed by atoms with E-state index in [1.165, 1.54) is 12.8 Å². The molecule has 0 radical (unpaired) electrons. The molecule has 1 saturated heterocycles. The SMILES string of the molecule is O=C(NCCc1csc(N2CCCC2)n1)c1n[nH]c2ccccc12. The van der Waals surface area contributed by atoms with Crippen LogP contribution in [0.4, 0.5) is 5.13 Å². The van der Waals surface area contributed by atoms with Crippen LogP contribution in [0.3, 0.4) is 0 Å². The maximum Gasteiger partial charge on any atom is 0.272 e. The molecule has 1 fully saturated rings. The van der Waals surface area contributed by atoms with Crippen molar-refractivity contribution in [1.29, 1.82) is 0 Å². The minimum absolute atomic E-state index is 0.151. The molecule has 0 unspecified atom stereocenters. The van der Waals surface area contributed by atoms with Gasteiger partial charge in [-0.05, 0) is 18.9 Å². The van der Waals surface area contributed by atoms with Gasteiger partial charge in [-0.1, -0.05) is 18.2 Å². The summed E-state index contributed by atoms with van der Waals surface area (Å²) in [6.07, 6.45) is 3.24. The fourth-order valence-electron chi connectivity index (χ4n) is 2.99. The molecule has 1 aliphatic rings. The van der Waals surface area contributed by atoms with Crippen LogP contribution in [0.25, 0.3) is 10.9 Å². The van der Waals surface area contributed by atoms with Gasteiger partial charge in [0.25, 0.3) is 5.91 Å². The molecule has 0 bridgehead atoms. The van der Waals surface area contributed by atoms with E-state index in [0.717, 1.165) is 41.2 Å². The molecule has 2 N–H and O–H groups in total. The van der Waals surface area contributed by atoms with E-state index in [1.54, 1.807) is 11.3 Å². The van der Waals surface area contributed by atoms with Crippen molar-refractivity contribution in [2.24, 2.45) is 0 Å². The Morgan fingerprint density at radius 1 is 1.29 bits per heavy atom. The average molecular weight is 341 g/mol. The zero-order valence-electron chi connectivity index (χ0n) is 13.3. The summed E-state index contributed by atoms with van der Waals surface area (Å²) in [6, 6.07) is 7.64. The van der Waals surface area contributed by atoms with Gasteiger partial charge in [0.05, 0.1) is 11.2 Å². The van der Waals surface area contributed by atoms with Gasteiger partial charge in [0, 0.05) is 36.8 Å². The summed E-state index contributed by atoms with van der Waals surface area (Å²) in [5.41, 5.74) is 2.35. The predicted octanol–water partition coefficient (Wildman–Crippen LogP) is 2.59. The maximum atomic E-state index is 12.3. The summed E-state index contributed by atoms with van der Waals surface area (Å²) >= 11 is 1.69. The van der Waals surface area contributed by atoms with E-state index in [-0.39, 0.29) is 5.91 Å². The van der Waals surface area contributed by atoms with E-state index < -0.39 is 0 Å². The molecule has 2 aromatic heterocycles. The number of amides is 1. The fraction of sp³-hybridized carbons (Fsp3) is 0.353. The second-order valence-corrected chi connectivity index (χ2v) is 6.78. The second-order valence-electron chi connectivity index (χ2n) is 5.94. The normalized spacial score (nSPS) is 14.4. The Balaban J connectivity index is 1.34. The summed E-state index contributed by atoms with van der Waals surface area (Å²) in [5, 5.41) is 14.0. The number of hydrogen-bond donors (Lipinski definition) is 2. The first-order valence-corrected chi connectivity index (χ1v) is 9.10.